The second kappa shape index (κ2) is 7.50. The number of para-hydroxylation sites is 1. The van der Waals surface area contributed by atoms with Crippen molar-refractivity contribution in [1.82, 2.24) is 4.90 Å². The third-order valence-corrected chi connectivity index (χ3v) is 4.60. The number of ether oxygens (including phenoxy) is 1. The van der Waals surface area contributed by atoms with Crippen LogP contribution in [0.1, 0.15) is 23.6 Å². The minimum atomic E-state index is -0.575. The number of amides is 1. The van der Waals surface area contributed by atoms with Crippen LogP contribution in [0.2, 0.25) is 0 Å². The smallest absolute Gasteiger partial charge is 0.340 e. The van der Waals surface area contributed by atoms with Gasteiger partial charge in [-0.3, -0.25) is 4.79 Å². The number of aryl methyl sites for hydroxylation is 1. The van der Waals surface area contributed by atoms with Gasteiger partial charge < -0.3 is 14.7 Å². The maximum absolute atomic E-state index is 13.1. The number of aromatic hydroxyl groups is 1. The quantitative estimate of drug-likeness (QED) is 0.666. The fourth-order valence-electron chi connectivity index (χ4n) is 3.06. The van der Waals surface area contributed by atoms with Crippen molar-refractivity contribution in [2.45, 2.75) is 20.4 Å². The molecular formula is C22H21NO4. The van der Waals surface area contributed by atoms with Gasteiger partial charge in [-0.25, -0.2) is 4.79 Å². The van der Waals surface area contributed by atoms with E-state index in [1.54, 1.807) is 30.0 Å². The van der Waals surface area contributed by atoms with E-state index in [1.807, 2.05) is 31.2 Å². The average molecular weight is 363 g/mol. The molecule has 1 N–H and O–H groups in total. The number of rotatable bonds is 4. The molecule has 0 spiro atoms. The Bertz CT molecular complexity index is 955. The van der Waals surface area contributed by atoms with Crippen LogP contribution in [0.25, 0.3) is 6.08 Å². The number of esters is 1. The van der Waals surface area contributed by atoms with Gasteiger partial charge in [-0.15, -0.1) is 0 Å². The van der Waals surface area contributed by atoms with Gasteiger partial charge in [0, 0.05) is 11.3 Å². The molecule has 2 aromatic rings. The van der Waals surface area contributed by atoms with Crippen LogP contribution in [0, 0.1) is 6.92 Å². The van der Waals surface area contributed by atoms with E-state index in [1.165, 1.54) is 19.3 Å². The van der Waals surface area contributed by atoms with E-state index in [4.69, 9.17) is 4.74 Å². The largest absolute Gasteiger partial charge is 0.507 e. The Hall–Kier alpha value is -3.34. The van der Waals surface area contributed by atoms with Crippen LogP contribution >= 0.6 is 0 Å². The Kier molecular flexibility index (Phi) is 5.12. The van der Waals surface area contributed by atoms with E-state index in [9.17, 15) is 14.7 Å². The molecule has 0 aromatic heterocycles. The van der Waals surface area contributed by atoms with E-state index in [0.717, 1.165) is 11.1 Å². The highest BCUT2D eigenvalue weighted by molar-refractivity contribution is 6.16. The summed E-state index contributed by atoms with van der Waals surface area (Å²) in [6.45, 7) is 4.08. The topological polar surface area (TPSA) is 66.8 Å². The minimum Gasteiger partial charge on any atom is -0.507 e. The number of phenolic OH excluding ortho intramolecular Hbond substituents is 1. The Labute approximate surface area is 158 Å². The van der Waals surface area contributed by atoms with Crippen LogP contribution < -0.4 is 0 Å². The standard InChI is InChI=1S/C22H21NO4/c1-14-8-10-16(11-9-14)13-23-15(2)20(22(26)27-3)18(21(23)25)12-17-6-4-5-7-19(17)24/h4-12,24H,13H2,1-3H3/b18-12-. The molecule has 3 rings (SSSR count). The summed E-state index contributed by atoms with van der Waals surface area (Å²) in [6.07, 6.45) is 1.53. The van der Waals surface area contributed by atoms with E-state index >= 15 is 0 Å². The lowest BCUT2D eigenvalue weighted by Gasteiger charge is -2.18. The summed E-state index contributed by atoms with van der Waals surface area (Å²) in [5.41, 5.74) is 3.53. The van der Waals surface area contributed by atoms with Crippen LogP contribution in [-0.4, -0.2) is 29.0 Å². The average Bonchev–Trinajstić information content (AvgIpc) is 2.89. The maximum Gasteiger partial charge on any atom is 0.340 e. The zero-order valence-corrected chi connectivity index (χ0v) is 15.5. The zero-order chi connectivity index (χ0) is 19.6. The maximum atomic E-state index is 13.1. The third kappa shape index (κ3) is 3.62. The van der Waals surface area contributed by atoms with Crippen molar-refractivity contribution in [2.24, 2.45) is 0 Å². The lowest BCUT2D eigenvalue weighted by molar-refractivity contribution is -0.136. The molecule has 0 radical (unpaired) electrons. The van der Waals surface area contributed by atoms with Crippen molar-refractivity contribution in [3.05, 3.63) is 82.1 Å². The summed E-state index contributed by atoms with van der Waals surface area (Å²) >= 11 is 0. The number of nitrogens with zero attached hydrogens (tertiary/aromatic N) is 1. The molecule has 2 aromatic carbocycles. The molecule has 5 heteroatoms. The molecule has 0 atom stereocenters. The van der Waals surface area contributed by atoms with E-state index in [0.29, 0.717) is 17.8 Å². The molecule has 1 aliphatic heterocycles. The van der Waals surface area contributed by atoms with Crippen LogP contribution in [-0.2, 0) is 20.9 Å². The molecule has 1 heterocycles. The number of hydrogen-bond donors (Lipinski definition) is 1. The molecule has 5 nitrogen and oxygen atoms in total. The van der Waals surface area contributed by atoms with Crippen LogP contribution in [0.4, 0.5) is 0 Å². The summed E-state index contributed by atoms with van der Waals surface area (Å²) in [5.74, 6) is -0.831. The summed E-state index contributed by atoms with van der Waals surface area (Å²) in [6, 6.07) is 14.5. The first-order valence-corrected chi connectivity index (χ1v) is 8.59. The highest BCUT2D eigenvalue weighted by atomic mass is 16.5. The monoisotopic (exact) mass is 363 g/mol. The number of benzene rings is 2. The molecule has 0 bridgehead atoms. The Morgan fingerprint density at radius 3 is 2.41 bits per heavy atom. The van der Waals surface area contributed by atoms with Gasteiger partial charge in [0.1, 0.15) is 5.75 Å². The molecule has 0 saturated carbocycles. The highest BCUT2D eigenvalue weighted by Crippen LogP contribution is 2.34. The number of methoxy groups -OCH3 is 1. The first kappa shape index (κ1) is 18.5. The molecule has 138 valence electrons. The third-order valence-electron chi connectivity index (χ3n) is 4.60. The van der Waals surface area contributed by atoms with Gasteiger partial charge in [-0.05, 0) is 31.6 Å². The molecule has 0 fully saturated rings. The van der Waals surface area contributed by atoms with E-state index in [2.05, 4.69) is 0 Å². The van der Waals surface area contributed by atoms with Crippen LogP contribution in [0.5, 0.6) is 5.75 Å². The molecule has 0 unspecified atom stereocenters. The SMILES string of the molecule is COC(=O)C1=C(C)N(Cc2ccc(C)cc2)C(=O)/C1=C\c1ccccc1O. The second-order valence-electron chi connectivity index (χ2n) is 6.45. The number of phenols is 1. The molecular weight excluding hydrogens is 342 g/mol. The van der Waals surface area contributed by atoms with E-state index in [-0.39, 0.29) is 22.8 Å². The van der Waals surface area contributed by atoms with Gasteiger partial charge in [0.05, 0.1) is 24.8 Å². The lowest BCUT2D eigenvalue weighted by Crippen LogP contribution is -2.24. The minimum absolute atomic E-state index is 0.0386. The van der Waals surface area contributed by atoms with Gasteiger partial charge in [0.2, 0.25) is 0 Å². The lowest BCUT2D eigenvalue weighted by atomic mass is 10.0. The summed E-state index contributed by atoms with van der Waals surface area (Å²) in [5, 5.41) is 10.0. The van der Waals surface area contributed by atoms with Gasteiger partial charge in [0.15, 0.2) is 0 Å². The molecule has 27 heavy (non-hydrogen) atoms. The first-order chi connectivity index (χ1) is 12.9. The van der Waals surface area contributed by atoms with Gasteiger partial charge in [-0.2, -0.15) is 0 Å². The fraction of sp³-hybridized carbons (Fsp3) is 0.182. The Morgan fingerprint density at radius 2 is 1.78 bits per heavy atom. The van der Waals surface area contributed by atoms with Gasteiger partial charge >= 0.3 is 5.97 Å². The molecule has 1 aliphatic rings. The van der Waals surface area contributed by atoms with Crippen molar-refractivity contribution in [2.75, 3.05) is 7.11 Å². The number of hydrogen-bond acceptors (Lipinski definition) is 4. The summed E-state index contributed by atoms with van der Waals surface area (Å²) < 4.78 is 4.89. The van der Waals surface area contributed by atoms with Crippen LogP contribution in [0.15, 0.2) is 65.4 Å². The van der Waals surface area contributed by atoms with Gasteiger partial charge in [-0.1, -0.05) is 48.0 Å². The Balaban J connectivity index is 2.04. The number of carbonyl (C=O) groups excluding carboxylic acids is 2. The van der Waals surface area contributed by atoms with Crippen molar-refractivity contribution >= 4 is 18.0 Å². The molecule has 0 saturated heterocycles. The predicted molar refractivity (Wildman–Crippen MR) is 103 cm³/mol. The van der Waals surface area contributed by atoms with Crippen LogP contribution in [0.3, 0.4) is 0 Å². The van der Waals surface area contributed by atoms with Crippen molar-refractivity contribution in [3.8, 4) is 5.75 Å². The zero-order valence-electron chi connectivity index (χ0n) is 15.5. The first-order valence-electron chi connectivity index (χ1n) is 8.59. The van der Waals surface area contributed by atoms with Crippen molar-refractivity contribution in [1.29, 1.82) is 0 Å². The molecule has 0 aliphatic carbocycles. The highest BCUT2D eigenvalue weighted by Gasteiger charge is 2.37. The van der Waals surface area contributed by atoms with Gasteiger partial charge in [0.25, 0.3) is 5.91 Å². The molecule has 1 amide bonds. The second-order valence-corrected chi connectivity index (χ2v) is 6.45. The number of allylic oxidation sites excluding steroid dienone is 1. The predicted octanol–water partition coefficient (Wildman–Crippen LogP) is 3.57. The number of carbonyl (C=O) groups is 2. The summed E-state index contributed by atoms with van der Waals surface area (Å²) in [7, 11) is 1.29. The van der Waals surface area contributed by atoms with Crippen molar-refractivity contribution < 1.29 is 19.4 Å². The normalized spacial score (nSPS) is 15.6. The fourth-order valence-corrected chi connectivity index (χ4v) is 3.06. The Morgan fingerprint density at radius 1 is 1.11 bits per heavy atom. The van der Waals surface area contributed by atoms with Crippen molar-refractivity contribution in [3.63, 3.8) is 0 Å². The summed E-state index contributed by atoms with van der Waals surface area (Å²) in [4.78, 5) is 27.0. The van der Waals surface area contributed by atoms with E-state index < -0.39 is 5.97 Å².